The fourth-order valence-electron chi connectivity index (χ4n) is 1.35. The van der Waals surface area contributed by atoms with E-state index >= 15 is 0 Å². The largest absolute Gasteiger partial charge is 0.396 e. The minimum absolute atomic E-state index is 0.0703. The van der Waals surface area contributed by atoms with Crippen molar-refractivity contribution in [2.45, 2.75) is 26.2 Å². The Morgan fingerprint density at radius 3 is 2.82 bits per heavy atom. The van der Waals surface area contributed by atoms with Gasteiger partial charge in [-0.2, -0.15) is 0 Å². The fourth-order valence-corrected chi connectivity index (χ4v) is 2.07. The molecule has 0 aliphatic heterocycles. The van der Waals surface area contributed by atoms with Crippen LogP contribution in [0.2, 0.25) is 5.02 Å². The summed E-state index contributed by atoms with van der Waals surface area (Å²) < 4.78 is 0.815. The topological polar surface area (TPSA) is 49.3 Å². The monoisotopic (exact) mass is 319 g/mol. The summed E-state index contributed by atoms with van der Waals surface area (Å²) >= 11 is 9.37. The first-order chi connectivity index (χ1) is 8.04. The van der Waals surface area contributed by atoms with Crippen LogP contribution in [0.4, 0.5) is 5.69 Å². The van der Waals surface area contributed by atoms with Gasteiger partial charge in [-0.15, -0.1) is 0 Å². The lowest BCUT2D eigenvalue weighted by Crippen LogP contribution is -2.11. The van der Waals surface area contributed by atoms with Crippen molar-refractivity contribution in [3.8, 4) is 0 Å². The minimum Gasteiger partial charge on any atom is -0.396 e. The highest BCUT2D eigenvalue weighted by atomic mass is 79.9. The third kappa shape index (κ3) is 4.66. The van der Waals surface area contributed by atoms with Crippen LogP contribution in [-0.4, -0.2) is 17.6 Å². The normalized spacial score (nSPS) is 10.4. The van der Waals surface area contributed by atoms with E-state index < -0.39 is 0 Å². The lowest BCUT2D eigenvalue weighted by atomic mass is 10.2. The van der Waals surface area contributed by atoms with Crippen LogP contribution in [0.1, 0.15) is 24.8 Å². The van der Waals surface area contributed by atoms with Crippen molar-refractivity contribution < 1.29 is 9.90 Å². The van der Waals surface area contributed by atoms with E-state index in [1.54, 1.807) is 6.07 Å². The molecule has 2 N–H and O–H groups in total. The predicted octanol–water partition coefficient (Wildman–Crippen LogP) is 3.51. The van der Waals surface area contributed by atoms with Crippen molar-refractivity contribution >= 4 is 39.1 Å². The van der Waals surface area contributed by atoms with Gasteiger partial charge in [-0.05, 0) is 53.4 Å². The molecule has 1 aromatic rings. The summed E-state index contributed by atoms with van der Waals surface area (Å²) in [6.45, 7) is 2.02. The molecule has 0 atom stereocenters. The number of rotatable bonds is 5. The number of anilines is 1. The number of aliphatic hydroxyl groups excluding tert-OH is 1. The van der Waals surface area contributed by atoms with Crippen molar-refractivity contribution in [3.63, 3.8) is 0 Å². The number of unbranched alkanes of at least 4 members (excludes halogenated alkanes) is 1. The van der Waals surface area contributed by atoms with Gasteiger partial charge in [0.1, 0.15) is 0 Å². The average Bonchev–Trinajstić information content (AvgIpc) is 2.26. The molecule has 1 rings (SSSR count). The maximum Gasteiger partial charge on any atom is 0.224 e. The van der Waals surface area contributed by atoms with Gasteiger partial charge in [-0.3, -0.25) is 4.79 Å². The highest BCUT2D eigenvalue weighted by molar-refractivity contribution is 9.10. The lowest BCUT2D eigenvalue weighted by molar-refractivity contribution is -0.116. The number of aryl methyl sites for hydroxylation is 1. The Balaban J connectivity index is 2.62. The van der Waals surface area contributed by atoms with Gasteiger partial charge in [0.2, 0.25) is 5.91 Å². The Kier molecular flexibility index (Phi) is 5.95. The van der Waals surface area contributed by atoms with Gasteiger partial charge >= 0.3 is 0 Å². The number of aliphatic hydroxyl groups is 1. The van der Waals surface area contributed by atoms with Crippen LogP contribution in [0, 0.1) is 6.92 Å². The summed E-state index contributed by atoms with van der Waals surface area (Å²) in [6.07, 6.45) is 1.72. The second kappa shape index (κ2) is 6.99. The Hall–Kier alpha value is -0.580. The van der Waals surface area contributed by atoms with E-state index in [9.17, 15) is 4.79 Å². The Morgan fingerprint density at radius 2 is 2.18 bits per heavy atom. The van der Waals surface area contributed by atoms with Crippen molar-refractivity contribution in [1.29, 1.82) is 0 Å². The number of hydrogen-bond acceptors (Lipinski definition) is 2. The molecule has 0 aliphatic carbocycles. The molecule has 0 aliphatic rings. The molecule has 94 valence electrons. The van der Waals surface area contributed by atoms with Crippen LogP contribution in [0.5, 0.6) is 0 Å². The molecular formula is C12H15BrClNO2. The molecule has 0 aromatic heterocycles. The summed E-state index contributed by atoms with van der Waals surface area (Å²) in [5, 5.41) is 12.0. The molecule has 0 heterocycles. The summed E-state index contributed by atoms with van der Waals surface area (Å²) in [5.41, 5.74) is 1.63. The van der Waals surface area contributed by atoms with E-state index in [4.69, 9.17) is 16.7 Å². The van der Waals surface area contributed by atoms with Gasteiger partial charge in [0, 0.05) is 22.5 Å². The fraction of sp³-hybridized carbons (Fsp3) is 0.417. The molecule has 3 nitrogen and oxygen atoms in total. The highest BCUT2D eigenvalue weighted by Gasteiger charge is 2.07. The molecule has 1 aromatic carbocycles. The summed E-state index contributed by atoms with van der Waals surface area (Å²) in [4.78, 5) is 11.6. The Bertz CT molecular complexity index is 410. The van der Waals surface area contributed by atoms with Crippen LogP contribution in [0.25, 0.3) is 0 Å². The van der Waals surface area contributed by atoms with Crippen molar-refractivity contribution in [3.05, 3.63) is 27.2 Å². The number of amides is 1. The molecule has 17 heavy (non-hydrogen) atoms. The molecule has 0 bridgehead atoms. The number of nitrogens with one attached hydrogen (secondary N) is 1. The van der Waals surface area contributed by atoms with Gasteiger partial charge in [-0.25, -0.2) is 0 Å². The van der Waals surface area contributed by atoms with Gasteiger partial charge in [0.25, 0.3) is 0 Å². The van der Waals surface area contributed by atoms with Crippen LogP contribution in [0.3, 0.4) is 0 Å². The first kappa shape index (κ1) is 14.5. The maximum absolute atomic E-state index is 11.6. The zero-order valence-electron chi connectivity index (χ0n) is 9.59. The zero-order valence-corrected chi connectivity index (χ0v) is 11.9. The molecule has 1 amide bonds. The Morgan fingerprint density at radius 1 is 1.47 bits per heavy atom. The predicted molar refractivity (Wildman–Crippen MR) is 73.5 cm³/mol. The third-order valence-corrected chi connectivity index (χ3v) is 3.40. The molecule has 0 saturated carbocycles. The molecule has 0 spiro atoms. The molecule has 0 fully saturated rings. The van der Waals surface area contributed by atoms with E-state index in [1.165, 1.54) is 0 Å². The number of carbonyl (C=O) groups is 1. The lowest BCUT2D eigenvalue weighted by Gasteiger charge is -2.09. The van der Waals surface area contributed by atoms with E-state index in [0.29, 0.717) is 30.0 Å². The summed E-state index contributed by atoms with van der Waals surface area (Å²) in [7, 11) is 0. The van der Waals surface area contributed by atoms with Crippen LogP contribution < -0.4 is 5.32 Å². The molecule has 0 saturated heterocycles. The molecular weight excluding hydrogens is 305 g/mol. The zero-order chi connectivity index (χ0) is 12.8. The SMILES string of the molecule is Cc1cc(Br)c(NC(=O)CCCCO)cc1Cl. The molecule has 5 heteroatoms. The van der Waals surface area contributed by atoms with Crippen molar-refractivity contribution in [2.75, 3.05) is 11.9 Å². The summed E-state index contributed by atoms with van der Waals surface area (Å²) in [5.74, 6) is -0.0703. The number of carbonyl (C=O) groups excluding carboxylic acids is 1. The van der Waals surface area contributed by atoms with Gasteiger partial charge in [0.15, 0.2) is 0 Å². The van der Waals surface area contributed by atoms with E-state index in [2.05, 4.69) is 21.2 Å². The van der Waals surface area contributed by atoms with E-state index in [0.717, 1.165) is 10.0 Å². The van der Waals surface area contributed by atoms with Crippen molar-refractivity contribution in [1.82, 2.24) is 0 Å². The van der Waals surface area contributed by atoms with Gasteiger partial charge in [0.05, 0.1) is 5.69 Å². The van der Waals surface area contributed by atoms with Crippen LogP contribution in [-0.2, 0) is 4.79 Å². The second-order valence-corrected chi connectivity index (χ2v) is 5.07. The Labute approximate surface area is 114 Å². The number of benzene rings is 1. The molecule has 0 unspecified atom stereocenters. The van der Waals surface area contributed by atoms with Crippen LogP contribution >= 0.6 is 27.5 Å². The average molecular weight is 321 g/mol. The summed E-state index contributed by atoms with van der Waals surface area (Å²) in [6, 6.07) is 3.59. The molecule has 0 radical (unpaired) electrons. The first-order valence-electron chi connectivity index (χ1n) is 5.41. The number of halogens is 2. The van der Waals surface area contributed by atoms with E-state index in [1.807, 2.05) is 13.0 Å². The maximum atomic E-state index is 11.6. The second-order valence-electron chi connectivity index (χ2n) is 3.81. The van der Waals surface area contributed by atoms with Gasteiger partial charge in [-0.1, -0.05) is 11.6 Å². The van der Waals surface area contributed by atoms with Gasteiger partial charge < -0.3 is 10.4 Å². The van der Waals surface area contributed by atoms with Crippen molar-refractivity contribution in [2.24, 2.45) is 0 Å². The number of hydrogen-bond donors (Lipinski definition) is 2. The quantitative estimate of drug-likeness (QED) is 0.816. The van der Waals surface area contributed by atoms with E-state index in [-0.39, 0.29) is 12.5 Å². The standard InChI is InChI=1S/C12H15BrClNO2/c1-8-6-9(13)11(7-10(8)14)15-12(17)4-2-3-5-16/h6-7,16H,2-5H2,1H3,(H,15,17). The minimum atomic E-state index is -0.0703. The van der Waals surface area contributed by atoms with Crippen LogP contribution in [0.15, 0.2) is 16.6 Å². The third-order valence-electron chi connectivity index (χ3n) is 2.33. The smallest absolute Gasteiger partial charge is 0.224 e. The highest BCUT2D eigenvalue weighted by Crippen LogP contribution is 2.29. The first-order valence-corrected chi connectivity index (χ1v) is 6.58.